The molecule has 0 spiro atoms. The van der Waals surface area contributed by atoms with Crippen molar-refractivity contribution < 1.29 is 9.18 Å². The van der Waals surface area contributed by atoms with Gasteiger partial charge in [-0.25, -0.2) is 4.39 Å². The van der Waals surface area contributed by atoms with Crippen LogP contribution in [-0.4, -0.2) is 5.24 Å². The van der Waals surface area contributed by atoms with E-state index in [1.54, 1.807) is 0 Å². The second-order valence-electron chi connectivity index (χ2n) is 2.13. The number of nitrogen functional groups attached to an aromatic ring is 1. The van der Waals surface area contributed by atoms with Crippen molar-refractivity contribution in [2.75, 3.05) is 5.73 Å². The molecule has 0 atom stereocenters. The molecule has 0 radical (unpaired) electrons. The summed E-state index contributed by atoms with van der Waals surface area (Å²) in [5.74, 6) is -0.713. The largest absolute Gasteiger partial charge is 0.398 e. The molecule has 0 saturated heterocycles. The molecule has 1 rings (SSSR count). The SMILES string of the molecule is Nc1cc(Cl)c(F)cc1C(=O)Cl. The quantitative estimate of drug-likeness (QED) is 0.568. The fraction of sp³-hybridized carbons (Fsp3) is 0. The van der Waals surface area contributed by atoms with Gasteiger partial charge < -0.3 is 5.73 Å². The number of hydrogen-bond donors (Lipinski definition) is 1. The predicted octanol–water partition coefficient (Wildman–Crippen LogP) is 2.44. The second kappa shape index (κ2) is 3.29. The summed E-state index contributed by atoms with van der Waals surface area (Å²) < 4.78 is 12.7. The molecule has 2 nitrogen and oxygen atoms in total. The van der Waals surface area contributed by atoms with Crippen molar-refractivity contribution in [2.24, 2.45) is 0 Å². The molecule has 0 fully saturated rings. The summed E-state index contributed by atoms with van der Waals surface area (Å²) in [6.07, 6.45) is 0. The third-order valence-corrected chi connectivity index (χ3v) is 1.80. The zero-order valence-electron chi connectivity index (χ0n) is 5.77. The Labute approximate surface area is 78.1 Å². The van der Waals surface area contributed by atoms with Gasteiger partial charge in [-0.2, -0.15) is 0 Å². The van der Waals surface area contributed by atoms with E-state index in [0.717, 1.165) is 12.1 Å². The lowest BCUT2D eigenvalue weighted by molar-refractivity contribution is 0.108. The number of anilines is 1. The molecule has 1 aromatic carbocycles. The zero-order valence-corrected chi connectivity index (χ0v) is 7.29. The Bertz CT molecular complexity index is 340. The van der Waals surface area contributed by atoms with Crippen molar-refractivity contribution in [2.45, 2.75) is 0 Å². The van der Waals surface area contributed by atoms with Crippen LogP contribution in [-0.2, 0) is 0 Å². The van der Waals surface area contributed by atoms with Gasteiger partial charge in [-0.15, -0.1) is 0 Å². The molecule has 0 unspecified atom stereocenters. The van der Waals surface area contributed by atoms with Crippen LogP contribution in [0, 0.1) is 5.82 Å². The van der Waals surface area contributed by atoms with Crippen LogP contribution < -0.4 is 5.73 Å². The molecule has 0 saturated carbocycles. The van der Waals surface area contributed by atoms with Crippen molar-refractivity contribution in [1.29, 1.82) is 0 Å². The third kappa shape index (κ3) is 1.68. The van der Waals surface area contributed by atoms with E-state index in [-0.39, 0.29) is 16.3 Å². The Balaban J connectivity index is 3.33. The molecule has 5 heteroatoms. The number of nitrogens with two attached hydrogens (primary N) is 1. The number of benzene rings is 1. The first kappa shape index (κ1) is 9.29. The average molecular weight is 208 g/mol. The van der Waals surface area contributed by atoms with Gasteiger partial charge in [0.25, 0.3) is 5.24 Å². The lowest BCUT2D eigenvalue weighted by Crippen LogP contribution is -1.98. The van der Waals surface area contributed by atoms with Crippen LogP contribution in [0.15, 0.2) is 12.1 Å². The number of rotatable bonds is 1. The summed E-state index contributed by atoms with van der Waals surface area (Å²) in [6.45, 7) is 0. The fourth-order valence-corrected chi connectivity index (χ4v) is 1.07. The van der Waals surface area contributed by atoms with Crippen molar-refractivity contribution in [1.82, 2.24) is 0 Å². The summed E-state index contributed by atoms with van der Waals surface area (Å²) in [7, 11) is 0. The highest BCUT2D eigenvalue weighted by Crippen LogP contribution is 2.22. The average Bonchev–Trinajstić information content (AvgIpc) is 1.96. The van der Waals surface area contributed by atoms with Gasteiger partial charge in [-0.1, -0.05) is 11.6 Å². The first-order valence-electron chi connectivity index (χ1n) is 2.96. The highest BCUT2D eigenvalue weighted by atomic mass is 35.5. The smallest absolute Gasteiger partial charge is 0.254 e. The topological polar surface area (TPSA) is 43.1 Å². The monoisotopic (exact) mass is 207 g/mol. The van der Waals surface area contributed by atoms with E-state index >= 15 is 0 Å². The Morgan fingerprint density at radius 1 is 1.50 bits per heavy atom. The van der Waals surface area contributed by atoms with E-state index in [9.17, 15) is 9.18 Å². The highest BCUT2D eigenvalue weighted by Gasteiger charge is 2.10. The first-order chi connectivity index (χ1) is 5.52. The van der Waals surface area contributed by atoms with Crippen LogP contribution in [0.5, 0.6) is 0 Å². The van der Waals surface area contributed by atoms with Gasteiger partial charge in [0.15, 0.2) is 0 Å². The minimum Gasteiger partial charge on any atom is -0.398 e. The molecule has 12 heavy (non-hydrogen) atoms. The number of carbonyl (C=O) groups is 1. The lowest BCUT2D eigenvalue weighted by atomic mass is 10.2. The molecule has 64 valence electrons. The van der Waals surface area contributed by atoms with Gasteiger partial charge in [0.2, 0.25) is 0 Å². The Kier molecular flexibility index (Phi) is 2.55. The Hall–Kier alpha value is -0.800. The van der Waals surface area contributed by atoms with Gasteiger partial charge in [0.05, 0.1) is 10.6 Å². The maximum atomic E-state index is 12.7. The van der Waals surface area contributed by atoms with Crippen molar-refractivity contribution in [3.05, 3.63) is 28.5 Å². The molecule has 0 aromatic heterocycles. The molecular formula is C7H4Cl2FNO. The molecule has 1 aromatic rings. The van der Waals surface area contributed by atoms with Crippen LogP contribution in [0.2, 0.25) is 5.02 Å². The highest BCUT2D eigenvalue weighted by molar-refractivity contribution is 6.68. The summed E-state index contributed by atoms with van der Waals surface area (Å²) in [6, 6.07) is 2.06. The van der Waals surface area contributed by atoms with Gasteiger partial charge in [0, 0.05) is 5.69 Å². The van der Waals surface area contributed by atoms with Gasteiger partial charge in [-0.3, -0.25) is 4.79 Å². The maximum Gasteiger partial charge on any atom is 0.254 e. The Morgan fingerprint density at radius 2 is 2.08 bits per heavy atom. The molecule has 0 bridgehead atoms. The van der Waals surface area contributed by atoms with E-state index in [2.05, 4.69) is 0 Å². The third-order valence-electron chi connectivity index (χ3n) is 1.30. The van der Waals surface area contributed by atoms with E-state index in [1.807, 2.05) is 0 Å². The first-order valence-corrected chi connectivity index (χ1v) is 3.72. The predicted molar refractivity (Wildman–Crippen MR) is 46.0 cm³/mol. The second-order valence-corrected chi connectivity index (χ2v) is 2.88. The normalized spacial score (nSPS) is 9.92. The van der Waals surface area contributed by atoms with Crippen LogP contribution in [0.4, 0.5) is 10.1 Å². The van der Waals surface area contributed by atoms with E-state index in [4.69, 9.17) is 28.9 Å². The van der Waals surface area contributed by atoms with Crippen LogP contribution >= 0.6 is 23.2 Å². The number of hydrogen-bond acceptors (Lipinski definition) is 2. The summed E-state index contributed by atoms with van der Waals surface area (Å²) in [5.41, 5.74) is 5.33. The summed E-state index contributed by atoms with van der Waals surface area (Å²) in [5, 5.41) is -0.933. The number of carbonyl (C=O) groups excluding carboxylic acids is 1. The molecular weight excluding hydrogens is 204 g/mol. The van der Waals surface area contributed by atoms with Crippen molar-refractivity contribution in [3.8, 4) is 0 Å². The van der Waals surface area contributed by atoms with Crippen molar-refractivity contribution >= 4 is 34.1 Å². The summed E-state index contributed by atoms with van der Waals surface area (Å²) >= 11 is 10.5. The maximum absolute atomic E-state index is 12.7. The molecule has 0 aliphatic rings. The molecule has 0 heterocycles. The molecule has 2 N–H and O–H groups in total. The standard InChI is InChI=1S/C7H4Cl2FNO/c8-4-2-6(11)3(7(9)12)1-5(4)10/h1-2H,11H2. The van der Waals surface area contributed by atoms with Crippen molar-refractivity contribution in [3.63, 3.8) is 0 Å². The van der Waals surface area contributed by atoms with Gasteiger partial charge >= 0.3 is 0 Å². The van der Waals surface area contributed by atoms with Gasteiger partial charge in [-0.05, 0) is 23.7 Å². The van der Waals surface area contributed by atoms with Crippen LogP contribution in [0.3, 0.4) is 0 Å². The lowest BCUT2D eigenvalue weighted by Gasteiger charge is -2.01. The minimum absolute atomic E-state index is 0.0707. The molecule has 0 amide bonds. The summed E-state index contributed by atoms with van der Waals surface area (Å²) in [4.78, 5) is 10.6. The van der Waals surface area contributed by atoms with Crippen LogP contribution in [0.25, 0.3) is 0 Å². The van der Waals surface area contributed by atoms with Crippen LogP contribution in [0.1, 0.15) is 10.4 Å². The zero-order chi connectivity index (χ0) is 9.30. The minimum atomic E-state index is -0.803. The molecule has 0 aliphatic heterocycles. The van der Waals surface area contributed by atoms with E-state index < -0.39 is 11.1 Å². The van der Waals surface area contributed by atoms with Gasteiger partial charge in [0.1, 0.15) is 5.82 Å². The Morgan fingerprint density at radius 3 is 2.58 bits per heavy atom. The van der Waals surface area contributed by atoms with E-state index in [0.29, 0.717) is 0 Å². The molecule has 0 aliphatic carbocycles. The number of halogens is 3. The van der Waals surface area contributed by atoms with E-state index in [1.165, 1.54) is 0 Å². The fourth-order valence-electron chi connectivity index (χ4n) is 0.732.